The Hall–Kier alpha value is -2.73. The van der Waals surface area contributed by atoms with Crippen LogP contribution < -0.4 is 11.1 Å². The van der Waals surface area contributed by atoms with Crippen LogP contribution in [0.2, 0.25) is 0 Å². The number of fused-ring (bicyclic) bond motifs is 1. The first-order valence-corrected chi connectivity index (χ1v) is 7.16. The number of nitrogens with one attached hydrogen (secondary N) is 1. The van der Waals surface area contributed by atoms with Crippen LogP contribution in [0.1, 0.15) is 21.5 Å². The van der Waals surface area contributed by atoms with Gasteiger partial charge in [0.2, 0.25) is 0 Å². The summed E-state index contributed by atoms with van der Waals surface area (Å²) in [4.78, 5) is 24.2. The fourth-order valence-electron chi connectivity index (χ4n) is 2.54. The first-order valence-electron chi connectivity index (χ1n) is 7.16. The Labute approximate surface area is 132 Å². The summed E-state index contributed by atoms with van der Waals surface area (Å²) in [7, 11) is 0. The minimum atomic E-state index is -0.988. The van der Waals surface area contributed by atoms with E-state index in [0.29, 0.717) is 17.8 Å². The average molecular weight is 314 g/mol. The molecule has 0 bridgehead atoms. The standard InChI is InChI=1S/C17H15FN2O3/c18-13-6-2-4-11-8-14(23-17(22)15(11)13)16(21)20-12-5-1-3-10(7-12)9-19/h1-7,14H,8-9,19H2,(H,20,21). The van der Waals surface area contributed by atoms with Crippen LogP contribution in [0.5, 0.6) is 0 Å². The number of hydrogen-bond acceptors (Lipinski definition) is 4. The van der Waals surface area contributed by atoms with Crippen molar-refractivity contribution in [2.45, 2.75) is 19.1 Å². The molecular formula is C17H15FN2O3. The van der Waals surface area contributed by atoms with Crippen LogP contribution >= 0.6 is 0 Å². The largest absolute Gasteiger partial charge is 0.448 e. The van der Waals surface area contributed by atoms with Gasteiger partial charge in [0.15, 0.2) is 6.10 Å². The molecule has 1 amide bonds. The summed E-state index contributed by atoms with van der Waals surface area (Å²) < 4.78 is 18.7. The third-order valence-electron chi connectivity index (χ3n) is 3.68. The Balaban J connectivity index is 1.78. The third-order valence-corrected chi connectivity index (χ3v) is 3.68. The van der Waals surface area contributed by atoms with Gasteiger partial charge >= 0.3 is 5.97 Å². The Bertz CT molecular complexity index is 776. The topological polar surface area (TPSA) is 81.4 Å². The summed E-state index contributed by atoms with van der Waals surface area (Å²) in [5.41, 5.74) is 7.37. The number of rotatable bonds is 3. The van der Waals surface area contributed by atoms with Gasteiger partial charge in [-0.2, -0.15) is 0 Å². The molecule has 1 aliphatic heterocycles. The van der Waals surface area contributed by atoms with E-state index >= 15 is 0 Å². The van der Waals surface area contributed by atoms with Crippen LogP contribution in [0.4, 0.5) is 10.1 Å². The molecule has 1 heterocycles. The summed E-state index contributed by atoms with van der Waals surface area (Å²) in [6.45, 7) is 0.356. The molecule has 0 fully saturated rings. The van der Waals surface area contributed by atoms with E-state index in [4.69, 9.17) is 10.5 Å². The SMILES string of the molecule is NCc1cccc(NC(=O)C2Cc3cccc(F)c3C(=O)O2)c1. The second-order valence-corrected chi connectivity index (χ2v) is 5.27. The van der Waals surface area contributed by atoms with Gasteiger partial charge in [-0.25, -0.2) is 9.18 Å². The lowest BCUT2D eigenvalue weighted by molar-refractivity contribution is -0.125. The van der Waals surface area contributed by atoms with E-state index < -0.39 is 23.8 Å². The fourth-order valence-corrected chi connectivity index (χ4v) is 2.54. The summed E-state index contributed by atoms with van der Waals surface area (Å²) in [5, 5.41) is 2.69. The molecule has 3 rings (SSSR count). The number of carbonyl (C=O) groups is 2. The van der Waals surface area contributed by atoms with E-state index in [-0.39, 0.29) is 12.0 Å². The minimum Gasteiger partial charge on any atom is -0.448 e. The lowest BCUT2D eigenvalue weighted by Gasteiger charge is -2.24. The number of halogens is 1. The normalized spacial score (nSPS) is 16.4. The van der Waals surface area contributed by atoms with Crippen LogP contribution in [0, 0.1) is 5.82 Å². The molecule has 0 spiro atoms. The molecule has 23 heavy (non-hydrogen) atoms. The van der Waals surface area contributed by atoms with Crippen molar-refractivity contribution in [2.75, 3.05) is 5.32 Å². The molecule has 0 saturated carbocycles. The summed E-state index contributed by atoms with van der Waals surface area (Å²) in [6, 6.07) is 11.4. The molecule has 0 aliphatic carbocycles. The quantitative estimate of drug-likeness (QED) is 0.849. The summed E-state index contributed by atoms with van der Waals surface area (Å²) in [5.74, 6) is -1.91. The van der Waals surface area contributed by atoms with Crippen molar-refractivity contribution >= 4 is 17.6 Å². The van der Waals surface area contributed by atoms with E-state index in [1.165, 1.54) is 12.1 Å². The number of ether oxygens (including phenoxy) is 1. The van der Waals surface area contributed by atoms with Crippen LogP contribution in [0.3, 0.4) is 0 Å². The monoisotopic (exact) mass is 314 g/mol. The van der Waals surface area contributed by atoms with E-state index in [1.807, 2.05) is 6.07 Å². The van der Waals surface area contributed by atoms with E-state index in [9.17, 15) is 14.0 Å². The van der Waals surface area contributed by atoms with Crippen molar-refractivity contribution in [3.8, 4) is 0 Å². The summed E-state index contributed by atoms with van der Waals surface area (Å²) in [6.07, 6.45) is -0.848. The van der Waals surface area contributed by atoms with Gasteiger partial charge in [0.1, 0.15) is 5.82 Å². The van der Waals surface area contributed by atoms with Crippen molar-refractivity contribution in [1.29, 1.82) is 0 Å². The minimum absolute atomic E-state index is 0.0957. The first kappa shape index (κ1) is 15.2. The Morgan fingerprint density at radius 3 is 2.87 bits per heavy atom. The maximum atomic E-state index is 13.7. The predicted molar refractivity (Wildman–Crippen MR) is 82.3 cm³/mol. The highest BCUT2D eigenvalue weighted by Crippen LogP contribution is 2.24. The molecule has 1 unspecified atom stereocenters. The molecule has 2 aromatic carbocycles. The number of anilines is 1. The van der Waals surface area contributed by atoms with Crippen molar-refractivity contribution in [1.82, 2.24) is 0 Å². The van der Waals surface area contributed by atoms with Crippen LogP contribution in [0.25, 0.3) is 0 Å². The maximum Gasteiger partial charge on any atom is 0.342 e. The van der Waals surface area contributed by atoms with Crippen molar-refractivity contribution < 1.29 is 18.7 Å². The molecule has 1 aliphatic rings. The van der Waals surface area contributed by atoms with Gasteiger partial charge in [0.25, 0.3) is 5.91 Å². The zero-order chi connectivity index (χ0) is 16.4. The Morgan fingerprint density at radius 1 is 1.30 bits per heavy atom. The van der Waals surface area contributed by atoms with Crippen molar-refractivity contribution in [3.63, 3.8) is 0 Å². The van der Waals surface area contributed by atoms with Crippen LogP contribution in [-0.2, 0) is 22.5 Å². The molecule has 5 nitrogen and oxygen atoms in total. The first-order chi connectivity index (χ1) is 11.1. The van der Waals surface area contributed by atoms with Crippen LogP contribution in [0.15, 0.2) is 42.5 Å². The highest BCUT2D eigenvalue weighted by atomic mass is 19.1. The summed E-state index contributed by atoms with van der Waals surface area (Å²) >= 11 is 0. The zero-order valence-corrected chi connectivity index (χ0v) is 12.2. The lowest BCUT2D eigenvalue weighted by atomic mass is 9.97. The van der Waals surface area contributed by atoms with Gasteiger partial charge in [-0.3, -0.25) is 4.79 Å². The number of hydrogen-bond donors (Lipinski definition) is 2. The van der Waals surface area contributed by atoms with Gasteiger partial charge in [0, 0.05) is 18.7 Å². The van der Waals surface area contributed by atoms with E-state index in [0.717, 1.165) is 5.56 Å². The number of carbonyl (C=O) groups excluding carboxylic acids is 2. The highest BCUT2D eigenvalue weighted by Gasteiger charge is 2.33. The van der Waals surface area contributed by atoms with Crippen LogP contribution in [-0.4, -0.2) is 18.0 Å². The van der Waals surface area contributed by atoms with Crippen molar-refractivity contribution in [2.24, 2.45) is 5.73 Å². The maximum absolute atomic E-state index is 13.7. The average Bonchev–Trinajstić information content (AvgIpc) is 2.54. The Morgan fingerprint density at radius 2 is 2.09 bits per heavy atom. The second-order valence-electron chi connectivity index (χ2n) is 5.27. The van der Waals surface area contributed by atoms with Gasteiger partial charge in [-0.05, 0) is 29.3 Å². The van der Waals surface area contributed by atoms with Crippen molar-refractivity contribution in [3.05, 3.63) is 65.0 Å². The lowest BCUT2D eigenvalue weighted by Crippen LogP contribution is -2.38. The van der Waals surface area contributed by atoms with E-state index in [1.54, 1.807) is 24.3 Å². The fraction of sp³-hybridized carbons (Fsp3) is 0.176. The smallest absolute Gasteiger partial charge is 0.342 e. The zero-order valence-electron chi connectivity index (χ0n) is 12.2. The molecule has 2 aromatic rings. The number of benzene rings is 2. The van der Waals surface area contributed by atoms with Gasteiger partial charge in [-0.15, -0.1) is 0 Å². The molecule has 118 valence electrons. The molecular weight excluding hydrogens is 299 g/mol. The molecule has 0 aromatic heterocycles. The number of esters is 1. The molecule has 6 heteroatoms. The number of cyclic esters (lactones) is 1. The molecule has 0 radical (unpaired) electrons. The number of nitrogens with two attached hydrogens (primary N) is 1. The molecule has 0 saturated heterocycles. The Kier molecular flexibility index (Phi) is 4.08. The predicted octanol–water partition coefficient (Wildman–Crippen LogP) is 2.00. The highest BCUT2D eigenvalue weighted by molar-refractivity contribution is 6.00. The third kappa shape index (κ3) is 3.07. The number of amides is 1. The van der Waals surface area contributed by atoms with Gasteiger partial charge in [-0.1, -0.05) is 24.3 Å². The van der Waals surface area contributed by atoms with Gasteiger partial charge in [0.05, 0.1) is 5.56 Å². The molecule has 1 atom stereocenters. The molecule has 3 N–H and O–H groups in total. The van der Waals surface area contributed by atoms with Gasteiger partial charge < -0.3 is 15.8 Å². The second kappa shape index (κ2) is 6.18. The van der Waals surface area contributed by atoms with E-state index in [2.05, 4.69) is 5.32 Å².